The number of nitrogens with zero attached hydrogens (tertiary/aromatic N) is 1. The number of aromatic nitrogens is 1. The van der Waals surface area contributed by atoms with E-state index >= 15 is 0 Å². The number of carbonyl (C=O) groups is 1. The SMILES string of the molecule is CCCCCCCC(=O)OCc1cnc(C)c(OP(=O)(O)O)c1CO. The predicted octanol–water partition coefficient (Wildman–Crippen LogP) is 2.76. The van der Waals surface area contributed by atoms with E-state index in [4.69, 9.17) is 14.5 Å². The number of hydrogen-bond acceptors (Lipinski definition) is 6. The number of carbonyl (C=O) groups excluding carboxylic acids is 1. The number of ether oxygens (including phenoxy) is 1. The third-order valence-corrected chi connectivity index (χ3v) is 4.07. The van der Waals surface area contributed by atoms with Crippen LogP contribution < -0.4 is 4.52 Å². The lowest BCUT2D eigenvalue weighted by Crippen LogP contribution is -2.09. The number of aryl methyl sites for hydroxylation is 1. The lowest BCUT2D eigenvalue weighted by atomic mass is 10.1. The second kappa shape index (κ2) is 10.5. The van der Waals surface area contributed by atoms with E-state index in [0.717, 1.165) is 32.1 Å². The summed E-state index contributed by atoms with van der Waals surface area (Å²) in [6, 6.07) is 0. The Hall–Kier alpha value is -1.47. The number of phosphoric ester groups is 1. The molecule has 0 radical (unpaired) electrons. The zero-order valence-electron chi connectivity index (χ0n) is 14.6. The summed E-state index contributed by atoms with van der Waals surface area (Å²) in [4.78, 5) is 33.7. The monoisotopic (exact) mass is 375 g/mol. The predicted molar refractivity (Wildman–Crippen MR) is 90.7 cm³/mol. The average Bonchev–Trinajstić information content (AvgIpc) is 2.54. The molecule has 0 aliphatic heterocycles. The molecule has 1 aromatic heterocycles. The Labute approximate surface area is 147 Å². The van der Waals surface area contributed by atoms with Crippen molar-refractivity contribution in [3.8, 4) is 5.75 Å². The van der Waals surface area contributed by atoms with Crippen molar-refractivity contribution in [1.29, 1.82) is 0 Å². The van der Waals surface area contributed by atoms with Gasteiger partial charge in [0.05, 0.1) is 12.3 Å². The van der Waals surface area contributed by atoms with Gasteiger partial charge in [0.25, 0.3) is 0 Å². The van der Waals surface area contributed by atoms with Crippen molar-refractivity contribution in [2.24, 2.45) is 0 Å². The van der Waals surface area contributed by atoms with Crippen molar-refractivity contribution < 1.29 is 33.5 Å². The molecule has 0 amide bonds. The van der Waals surface area contributed by atoms with Crippen LogP contribution in [0.5, 0.6) is 5.75 Å². The van der Waals surface area contributed by atoms with Crippen molar-refractivity contribution in [3.05, 3.63) is 23.0 Å². The van der Waals surface area contributed by atoms with Gasteiger partial charge in [-0.3, -0.25) is 19.6 Å². The van der Waals surface area contributed by atoms with Crippen LogP contribution in [0.4, 0.5) is 0 Å². The van der Waals surface area contributed by atoms with Gasteiger partial charge in [-0.05, 0) is 13.3 Å². The van der Waals surface area contributed by atoms with E-state index in [1.165, 1.54) is 13.1 Å². The van der Waals surface area contributed by atoms with Gasteiger partial charge in [0, 0.05) is 23.7 Å². The van der Waals surface area contributed by atoms with E-state index in [2.05, 4.69) is 16.4 Å². The summed E-state index contributed by atoms with van der Waals surface area (Å²) in [7, 11) is -4.80. The number of aliphatic hydroxyl groups excluding tert-OH is 1. The molecule has 0 unspecified atom stereocenters. The van der Waals surface area contributed by atoms with Crippen LogP contribution in [0, 0.1) is 6.92 Å². The molecule has 0 saturated carbocycles. The molecule has 0 atom stereocenters. The first-order chi connectivity index (χ1) is 11.8. The Morgan fingerprint density at radius 2 is 1.92 bits per heavy atom. The smallest absolute Gasteiger partial charge is 0.461 e. The van der Waals surface area contributed by atoms with Crippen LogP contribution in [0.3, 0.4) is 0 Å². The van der Waals surface area contributed by atoms with Crippen molar-refractivity contribution in [3.63, 3.8) is 0 Å². The summed E-state index contributed by atoms with van der Waals surface area (Å²) in [6.45, 7) is 2.94. The number of pyridine rings is 1. The third-order valence-electron chi connectivity index (χ3n) is 3.65. The first-order valence-corrected chi connectivity index (χ1v) is 9.80. The highest BCUT2D eigenvalue weighted by molar-refractivity contribution is 7.46. The Kier molecular flexibility index (Phi) is 9.06. The Balaban J connectivity index is 2.68. The molecule has 1 rings (SSSR count). The van der Waals surface area contributed by atoms with Gasteiger partial charge in [-0.25, -0.2) is 4.57 Å². The second-order valence-corrected chi connectivity index (χ2v) is 6.91. The van der Waals surface area contributed by atoms with E-state index in [1.807, 2.05) is 0 Å². The minimum absolute atomic E-state index is 0.144. The van der Waals surface area contributed by atoms with Crippen LogP contribution in [-0.4, -0.2) is 25.8 Å². The molecule has 1 aromatic rings. The summed E-state index contributed by atoms with van der Waals surface area (Å²) in [6.07, 6.45) is 6.79. The minimum Gasteiger partial charge on any atom is -0.461 e. The molecule has 1 heterocycles. The van der Waals surface area contributed by atoms with Gasteiger partial charge in [-0.1, -0.05) is 32.6 Å². The van der Waals surface area contributed by atoms with E-state index in [-0.39, 0.29) is 29.6 Å². The van der Waals surface area contributed by atoms with Crippen molar-refractivity contribution in [1.82, 2.24) is 4.98 Å². The van der Waals surface area contributed by atoms with Gasteiger partial charge in [-0.2, -0.15) is 0 Å². The lowest BCUT2D eigenvalue weighted by Gasteiger charge is -2.16. The van der Waals surface area contributed by atoms with Gasteiger partial charge in [-0.15, -0.1) is 0 Å². The average molecular weight is 375 g/mol. The number of aliphatic hydroxyl groups is 1. The zero-order valence-corrected chi connectivity index (χ0v) is 15.5. The molecule has 3 N–H and O–H groups in total. The van der Waals surface area contributed by atoms with E-state index in [0.29, 0.717) is 12.0 Å². The highest BCUT2D eigenvalue weighted by atomic mass is 31.2. The molecule has 0 aromatic carbocycles. The van der Waals surface area contributed by atoms with Crippen LogP contribution in [0.25, 0.3) is 0 Å². The van der Waals surface area contributed by atoms with Gasteiger partial charge in [0.1, 0.15) is 6.61 Å². The molecular formula is C16H26NO7P. The van der Waals surface area contributed by atoms with Gasteiger partial charge in [0.2, 0.25) is 0 Å². The molecular weight excluding hydrogens is 349 g/mol. The van der Waals surface area contributed by atoms with Crippen LogP contribution in [0.2, 0.25) is 0 Å². The summed E-state index contributed by atoms with van der Waals surface area (Å²) in [5, 5.41) is 9.51. The Bertz CT molecular complexity index is 615. The number of unbranched alkanes of at least 4 members (excludes halogenated alkanes) is 4. The number of hydrogen-bond donors (Lipinski definition) is 3. The second-order valence-electron chi connectivity index (χ2n) is 5.74. The minimum atomic E-state index is -4.80. The van der Waals surface area contributed by atoms with Crippen LogP contribution in [0.15, 0.2) is 6.20 Å². The quantitative estimate of drug-likeness (QED) is 0.306. The Morgan fingerprint density at radius 1 is 1.24 bits per heavy atom. The van der Waals surface area contributed by atoms with Crippen LogP contribution >= 0.6 is 7.82 Å². The van der Waals surface area contributed by atoms with E-state index in [1.54, 1.807) is 0 Å². The first-order valence-electron chi connectivity index (χ1n) is 8.27. The first kappa shape index (κ1) is 21.6. The van der Waals surface area contributed by atoms with Crippen molar-refractivity contribution in [2.75, 3.05) is 0 Å². The molecule has 0 aliphatic carbocycles. The number of phosphoric acid groups is 1. The third kappa shape index (κ3) is 7.96. The van der Waals surface area contributed by atoms with Crippen molar-refractivity contribution >= 4 is 13.8 Å². The van der Waals surface area contributed by atoms with E-state index in [9.17, 15) is 14.5 Å². The molecule has 0 fully saturated rings. The van der Waals surface area contributed by atoms with Crippen molar-refractivity contribution in [2.45, 2.75) is 65.6 Å². The lowest BCUT2D eigenvalue weighted by molar-refractivity contribution is -0.145. The molecule has 0 spiro atoms. The summed E-state index contributed by atoms with van der Waals surface area (Å²) in [5.74, 6) is -0.553. The fourth-order valence-electron chi connectivity index (χ4n) is 2.32. The normalized spacial score (nSPS) is 11.4. The fraction of sp³-hybridized carbons (Fsp3) is 0.625. The van der Waals surface area contributed by atoms with Crippen LogP contribution in [-0.2, 0) is 27.3 Å². The maximum atomic E-state index is 11.8. The standard InChI is InChI=1S/C16H26NO7P/c1-3-4-5-6-7-8-15(19)23-11-13-9-17-12(2)16(14(13)10-18)24-25(20,21)22/h9,18H,3-8,10-11H2,1-2H3,(H2,20,21,22). The largest absolute Gasteiger partial charge is 0.524 e. The van der Waals surface area contributed by atoms with Gasteiger partial charge < -0.3 is 14.4 Å². The van der Waals surface area contributed by atoms with E-state index < -0.39 is 14.4 Å². The molecule has 0 bridgehead atoms. The summed E-state index contributed by atoms with van der Waals surface area (Å²) < 4.78 is 20.8. The summed E-state index contributed by atoms with van der Waals surface area (Å²) >= 11 is 0. The summed E-state index contributed by atoms with van der Waals surface area (Å²) in [5.41, 5.74) is 0.709. The molecule has 142 valence electrons. The van der Waals surface area contributed by atoms with Gasteiger partial charge in [0.15, 0.2) is 5.75 Å². The Morgan fingerprint density at radius 3 is 2.52 bits per heavy atom. The molecule has 0 aliphatic rings. The topological polar surface area (TPSA) is 126 Å². The molecule has 25 heavy (non-hydrogen) atoms. The highest BCUT2D eigenvalue weighted by Gasteiger charge is 2.23. The maximum absolute atomic E-state index is 11.8. The fourth-order valence-corrected chi connectivity index (χ4v) is 2.80. The molecule has 8 nitrogen and oxygen atoms in total. The highest BCUT2D eigenvalue weighted by Crippen LogP contribution is 2.41. The van der Waals surface area contributed by atoms with Gasteiger partial charge >= 0.3 is 13.8 Å². The van der Waals surface area contributed by atoms with Crippen LogP contribution in [0.1, 0.15) is 62.3 Å². The molecule has 0 saturated heterocycles. The number of rotatable bonds is 11. The number of esters is 1. The molecule has 9 heteroatoms. The maximum Gasteiger partial charge on any atom is 0.524 e. The zero-order chi connectivity index (χ0) is 18.9.